The van der Waals surface area contributed by atoms with Gasteiger partial charge in [-0.1, -0.05) is 6.08 Å². The number of hydrogen-bond donors (Lipinski definition) is 2. The van der Waals surface area contributed by atoms with Gasteiger partial charge in [0.2, 0.25) is 0 Å². The van der Waals surface area contributed by atoms with E-state index in [4.69, 9.17) is 0 Å². The van der Waals surface area contributed by atoms with Crippen LogP contribution >= 0.6 is 0 Å². The highest BCUT2D eigenvalue weighted by atomic mass is 16.2. The Balaban J connectivity index is 2.66. The lowest BCUT2D eigenvalue weighted by Crippen LogP contribution is -2.30. The molecule has 0 aliphatic carbocycles. The number of nitrogens with zero attached hydrogens (tertiary/aromatic N) is 1. The van der Waals surface area contributed by atoms with E-state index in [-0.39, 0.29) is 11.9 Å². The molecule has 5 nitrogen and oxygen atoms in total. The second kappa shape index (κ2) is 7.99. The van der Waals surface area contributed by atoms with E-state index in [9.17, 15) is 9.59 Å². The fourth-order valence-electron chi connectivity index (χ4n) is 1.73. The van der Waals surface area contributed by atoms with E-state index in [0.29, 0.717) is 30.9 Å². The molecule has 0 unspecified atom stereocenters. The van der Waals surface area contributed by atoms with Crippen LogP contribution in [-0.2, 0) is 0 Å². The van der Waals surface area contributed by atoms with Gasteiger partial charge in [0.15, 0.2) is 0 Å². The van der Waals surface area contributed by atoms with Crippen molar-refractivity contribution in [1.29, 1.82) is 0 Å². The molecule has 0 bridgehead atoms. The number of anilines is 1. The Bertz CT molecular complexity index is 465. The first-order chi connectivity index (χ1) is 9.62. The van der Waals surface area contributed by atoms with Gasteiger partial charge in [0.1, 0.15) is 0 Å². The van der Waals surface area contributed by atoms with Crippen molar-refractivity contribution < 1.29 is 9.59 Å². The zero-order valence-corrected chi connectivity index (χ0v) is 12.0. The lowest BCUT2D eigenvalue weighted by Gasteiger charge is -2.18. The fourth-order valence-corrected chi connectivity index (χ4v) is 1.73. The van der Waals surface area contributed by atoms with Crippen LogP contribution in [-0.4, -0.2) is 36.5 Å². The van der Waals surface area contributed by atoms with Gasteiger partial charge in [0.25, 0.3) is 5.91 Å². The van der Waals surface area contributed by atoms with E-state index in [0.717, 1.165) is 0 Å². The monoisotopic (exact) mass is 275 g/mol. The van der Waals surface area contributed by atoms with Crippen LogP contribution in [0.15, 0.2) is 36.9 Å². The van der Waals surface area contributed by atoms with Gasteiger partial charge < -0.3 is 15.5 Å². The highest BCUT2D eigenvalue weighted by Gasteiger charge is 2.12. The maximum absolute atomic E-state index is 12.1. The summed E-state index contributed by atoms with van der Waals surface area (Å²) in [6.07, 6.45) is 1.60. The van der Waals surface area contributed by atoms with Crippen LogP contribution in [0.5, 0.6) is 0 Å². The molecule has 0 heterocycles. The van der Waals surface area contributed by atoms with Crippen molar-refractivity contribution in [3.8, 4) is 0 Å². The van der Waals surface area contributed by atoms with E-state index < -0.39 is 0 Å². The Morgan fingerprint density at radius 1 is 1.20 bits per heavy atom. The summed E-state index contributed by atoms with van der Waals surface area (Å²) >= 11 is 0. The van der Waals surface area contributed by atoms with Crippen molar-refractivity contribution in [2.75, 3.05) is 25.0 Å². The van der Waals surface area contributed by atoms with Crippen molar-refractivity contribution in [2.45, 2.75) is 13.8 Å². The Kier molecular flexibility index (Phi) is 6.29. The topological polar surface area (TPSA) is 61.4 Å². The van der Waals surface area contributed by atoms with Gasteiger partial charge in [0, 0.05) is 30.9 Å². The van der Waals surface area contributed by atoms with Crippen molar-refractivity contribution in [2.24, 2.45) is 0 Å². The third-order valence-corrected chi connectivity index (χ3v) is 2.85. The van der Waals surface area contributed by atoms with Crippen LogP contribution in [0.1, 0.15) is 24.2 Å². The van der Waals surface area contributed by atoms with Gasteiger partial charge in [-0.05, 0) is 38.1 Å². The van der Waals surface area contributed by atoms with E-state index >= 15 is 0 Å². The SMILES string of the molecule is C=CCNC(=O)Nc1ccc(C(=O)N(CC)CC)cc1. The first-order valence-electron chi connectivity index (χ1n) is 6.67. The van der Waals surface area contributed by atoms with Gasteiger partial charge in [-0.15, -0.1) is 6.58 Å². The molecule has 0 spiro atoms. The summed E-state index contributed by atoms with van der Waals surface area (Å²) in [5.74, 6) is -0.00217. The molecule has 0 fully saturated rings. The molecule has 2 N–H and O–H groups in total. The predicted octanol–water partition coefficient (Wildman–Crippen LogP) is 2.48. The van der Waals surface area contributed by atoms with Crippen molar-refractivity contribution in [1.82, 2.24) is 10.2 Å². The Morgan fingerprint density at radius 2 is 1.80 bits per heavy atom. The summed E-state index contributed by atoms with van der Waals surface area (Å²) in [7, 11) is 0. The molecule has 0 aliphatic heterocycles. The van der Waals surface area contributed by atoms with E-state index in [2.05, 4.69) is 17.2 Å². The second-order valence-electron chi connectivity index (χ2n) is 4.18. The third-order valence-electron chi connectivity index (χ3n) is 2.85. The van der Waals surface area contributed by atoms with Crippen molar-refractivity contribution in [3.63, 3.8) is 0 Å². The van der Waals surface area contributed by atoms with Crippen molar-refractivity contribution >= 4 is 17.6 Å². The fraction of sp³-hybridized carbons (Fsp3) is 0.333. The van der Waals surface area contributed by atoms with Crippen LogP contribution in [0.3, 0.4) is 0 Å². The number of rotatable bonds is 6. The van der Waals surface area contributed by atoms with Gasteiger partial charge in [0.05, 0.1) is 0 Å². The van der Waals surface area contributed by atoms with Gasteiger partial charge in [-0.3, -0.25) is 4.79 Å². The summed E-state index contributed by atoms with van der Waals surface area (Å²) in [4.78, 5) is 25.3. The smallest absolute Gasteiger partial charge is 0.319 e. The molecule has 0 aromatic heterocycles. The minimum Gasteiger partial charge on any atom is -0.339 e. The van der Waals surface area contributed by atoms with Crippen LogP contribution in [0, 0.1) is 0 Å². The summed E-state index contributed by atoms with van der Waals surface area (Å²) < 4.78 is 0. The minimum absolute atomic E-state index is 0.00217. The van der Waals surface area contributed by atoms with Gasteiger partial charge in [-0.25, -0.2) is 4.79 Å². The molecule has 0 saturated carbocycles. The highest BCUT2D eigenvalue weighted by molar-refractivity contribution is 5.95. The van der Waals surface area contributed by atoms with Crippen LogP contribution in [0.2, 0.25) is 0 Å². The van der Waals surface area contributed by atoms with Crippen molar-refractivity contribution in [3.05, 3.63) is 42.5 Å². The standard InChI is InChI=1S/C15H21N3O2/c1-4-11-16-15(20)17-13-9-7-12(8-10-13)14(19)18(5-2)6-3/h4,7-10H,1,5-6,11H2,2-3H3,(H2,16,17,20). The molecule has 0 saturated heterocycles. The van der Waals surface area contributed by atoms with Gasteiger partial charge >= 0.3 is 6.03 Å². The molecule has 3 amide bonds. The summed E-state index contributed by atoms with van der Waals surface area (Å²) in [5, 5.41) is 5.29. The quantitative estimate of drug-likeness (QED) is 0.783. The molecule has 1 rings (SSSR count). The number of carbonyl (C=O) groups excluding carboxylic acids is 2. The predicted molar refractivity (Wildman–Crippen MR) is 80.9 cm³/mol. The van der Waals surface area contributed by atoms with Crippen LogP contribution in [0.4, 0.5) is 10.5 Å². The molecule has 1 aromatic carbocycles. The molecule has 1 aromatic rings. The second-order valence-corrected chi connectivity index (χ2v) is 4.18. The number of hydrogen-bond acceptors (Lipinski definition) is 2. The summed E-state index contributed by atoms with van der Waals surface area (Å²) in [6.45, 7) is 9.18. The molecule has 0 atom stereocenters. The first kappa shape index (κ1) is 15.8. The Labute approximate surface area is 119 Å². The zero-order valence-electron chi connectivity index (χ0n) is 12.0. The number of benzene rings is 1. The molecule has 20 heavy (non-hydrogen) atoms. The molecular formula is C15H21N3O2. The largest absolute Gasteiger partial charge is 0.339 e. The molecular weight excluding hydrogens is 254 g/mol. The summed E-state index contributed by atoms with van der Waals surface area (Å²) in [5.41, 5.74) is 1.26. The van der Waals surface area contributed by atoms with Gasteiger partial charge in [-0.2, -0.15) is 0 Å². The number of amides is 3. The molecule has 108 valence electrons. The first-order valence-corrected chi connectivity index (χ1v) is 6.67. The highest BCUT2D eigenvalue weighted by Crippen LogP contribution is 2.11. The number of urea groups is 1. The van der Waals surface area contributed by atoms with Crippen LogP contribution < -0.4 is 10.6 Å². The Morgan fingerprint density at radius 3 is 2.30 bits per heavy atom. The number of carbonyl (C=O) groups is 2. The molecule has 0 aliphatic rings. The average Bonchev–Trinajstić information content (AvgIpc) is 2.47. The van der Waals surface area contributed by atoms with E-state index in [1.807, 2.05) is 13.8 Å². The third kappa shape index (κ3) is 4.42. The minimum atomic E-state index is -0.298. The normalized spacial score (nSPS) is 9.70. The average molecular weight is 275 g/mol. The maximum atomic E-state index is 12.1. The lowest BCUT2D eigenvalue weighted by molar-refractivity contribution is 0.0773. The number of nitrogens with one attached hydrogen (secondary N) is 2. The van der Waals surface area contributed by atoms with E-state index in [1.165, 1.54) is 0 Å². The zero-order chi connectivity index (χ0) is 15.0. The maximum Gasteiger partial charge on any atom is 0.319 e. The van der Waals surface area contributed by atoms with E-state index in [1.54, 1.807) is 35.2 Å². The molecule has 5 heteroatoms. The molecule has 0 radical (unpaired) electrons. The Hall–Kier alpha value is -2.30. The lowest BCUT2D eigenvalue weighted by atomic mass is 10.2. The summed E-state index contributed by atoms with van der Waals surface area (Å²) in [6, 6.07) is 6.55. The van der Waals surface area contributed by atoms with Crippen LogP contribution in [0.25, 0.3) is 0 Å².